The Balaban J connectivity index is 1.92. The summed E-state index contributed by atoms with van der Waals surface area (Å²) >= 11 is 0. The van der Waals surface area contributed by atoms with E-state index in [-0.39, 0.29) is 10.5 Å². The quantitative estimate of drug-likeness (QED) is 0.339. The van der Waals surface area contributed by atoms with Crippen molar-refractivity contribution < 1.29 is 17.6 Å². The first-order valence-electron chi connectivity index (χ1n) is 10.9. The largest absolute Gasteiger partial charge is 0.269 e. The van der Waals surface area contributed by atoms with Gasteiger partial charge in [-0.15, -0.1) is 0 Å². The fourth-order valence-electron chi connectivity index (χ4n) is 3.49. The first-order chi connectivity index (χ1) is 16.9. The van der Waals surface area contributed by atoms with Crippen LogP contribution < -0.4 is 0 Å². The van der Waals surface area contributed by atoms with Crippen LogP contribution in [0.1, 0.15) is 33.1 Å². The van der Waals surface area contributed by atoms with E-state index in [4.69, 9.17) is 0 Å². The smallest absolute Gasteiger partial charge is 0.268 e. The van der Waals surface area contributed by atoms with E-state index in [9.17, 15) is 17.6 Å². The monoisotopic (exact) mass is 483 g/mol. The van der Waals surface area contributed by atoms with Crippen LogP contribution in [0.3, 0.4) is 0 Å². The van der Waals surface area contributed by atoms with Crippen LogP contribution in [0.4, 0.5) is 4.39 Å². The molecule has 0 fully saturated rings. The van der Waals surface area contributed by atoms with Crippen LogP contribution in [0.15, 0.2) is 114 Å². The summed E-state index contributed by atoms with van der Waals surface area (Å²) in [5.41, 5.74) is 2.12. The van der Waals surface area contributed by atoms with Gasteiger partial charge in [0, 0.05) is 11.1 Å². The van der Waals surface area contributed by atoms with Gasteiger partial charge in [0.2, 0.25) is 0 Å². The lowest BCUT2D eigenvalue weighted by molar-refractivity contribution is 0.0841. The lowest BCUT2D eigenvalue weighted by Gasteiger charge is -2.28. The fraction of sp³-hybridized carbons (Fsp3) is 0.0690. The molecule has 4 aromatic rings. The summed E-state index contributed by atoms with van der Waals surface area (Å²) in [4.78, 5) is 13.7. The van der Waals surface area contributed by atoms with Crippen molar-refractivity contribution in [3.8, 4) is 11.8 Å². The normalized spacial score (nSPS) is 11.7. The zero-order valence-corrected chi connectivity index (χ0v) is 19.7. The maximum absolute atomic E-state index is 13.9. The molecule has 0 radical (unpaired) electrons. The summed E-state index contributed by atoms with van der Waals surface area (Å²) in [6.07, 6.45) is 0. The summed E-state index contributed by atoms with van der Waals surface area (Å²) in [5, 5.41) is 0. The highest BCUT2D eigenvalue weighted by atomic mass is 32.2. The van der Waals surface area contributed by atoms with Crippen molar-refractivity contribution in [3.05, 3.63) is 137 Å². The minimum absolute atomic E-state index is 0.0320. The van der Waals surface area contributed by atoms with Crippen LogP contribution in [0, 0.1) is 24.6 Å². The van der Waals surface area contributed by atoms with Crippen molar-refractivity contribution in [1.29, 1.82) is 0 Å². The Bertz CT molecular complexity index is 1470. The lowest BCUT2D eigenvalue weighted by Crippen LogP contribution is -2.39. The standard InChI is InChI=1S/C29H22FNO3S/c1-22-12-19-27(20-13-22)35(33,34)31(29(32)25-15-17-26(30)18-16-25)28(24-10-6-3-7-11-24)21-14-23-8-4-2-5-9-23/h2-13,15-20,28H,1H3. The average molecular weight is 484 g/mol. The number of hydrogen-bond acceptors (Lipinski definition) is 3. The van der Waals surface area contributed by atoms with Gasteiger partial charge in [0.1, 0.15) is 11.9 Å². The van der Waals surface area contributed by atoms with E-state index < -0.39 is 27.8 Å². The summed E-state index contributed by atoms with van der Waals surface area (Å²) in [6.45, 7) is 1.84. The molecule has 1 amide bonds. The molecule has 0 aromatic heterocycles. The number of benzene rings is 4. The zero-order chi connectivity index (χ0) is 24.8. The molecule has 6 heteroatoms. The van der Waals surface area contributed by atoms with Crippen molar-refractivity contribution in [2.45, 2.75) is 17.9 Å². The minimum Gasteiger partial charge on any atom is -0.268 e. The van der Waals surface area contributed by atoms with E-state index in [0.29, 0.717) is 11.1 Å². The number of aryl methyl sites for hydroxylation is 1. The SMILES string of the molecule is Cc1ccc(S(=O)(=O)N(C(=O)c2ccc(F)cc2)C(C#Cc2ccccc2)c2ccccc2)cc1. The van der Waals surface area contributed by atoms with Gasteiger partial charge in [-0.2, -0.15) is 0 Å². The summed E-state index contributed by atoms with van der Waals surface area (Å²) in [5.74, 6) is 4.67. The second kappa shape index (κ2) is 10.4. The number of amides is 1. The molecule has 174 valence electrons. The number of sulfonamides is 1. The molecule has 0 aliphatic rings. The molecule has 0 N–H and O–H groups in total. The molecule has 35 heavy (non-hydrogen) atoms. The van der Waals surface area contributed by atoms with E-state index in [2.05, 4.69) is 11.8 Å². The summed E-state index contributed by atoms with van der Waals surface area (Å²) < 4.78 is 42.2. The molecule has 4 nitrogen and oxygen atoms in total. The zero-order valence-electron chi connectivity index (χ0n) is 18.9. The number of rotatable bonds is 5. The third-order valence-corrected chi connectivity index (χ3v) is 7.11. The molecule has 0 spiro atoms. The first-order valence-corrected chi connectivity index (χ1v) is 12.3. The highest BCUT2D eigenvalue weighted by Crippen LogP contribution is 2.30. The molecule has 4 aromatic carbocycles. The van der Waals surface area contributed by atoms with Gasteiger partial charge in [-0.25, -0.2) is 17.1 Å². The molecule has 0 heterocycles. The summed E-state index contributed by atoms with van der Waals surface area (Å²) in [6, 6.07) is 27.8. The van der Waals surface area contributed by atoms with Gasteiger partial charge in [-0.1, -0.05) is 78.1 Å². The van der Waals surface area contributed by atoms with Gasteiger partial charge >= 0.3 is 0 Å². The minimum atomic E-state index is -4.34. The van der Waals surface area contributed by atoms with E-state index in [1.54, 1.807) is 54.6 Å². The Labute approximate surface area is 204 Å². The van der Waals surface area contributed by atoms with Crippen molar-refractivity contribution in [2.24, 2.45) is 0 Å². The third kappa shape index (κ3) is 5.48. The van der Waals surface area contributed by atoms with Gasteiger partial charge in [0.05, 0.1) is 4.90 Å². The van der Waals surface area contributed by atoms with Crippen molar-refractivity contribution in [1.82, 2.24) is 4.31 Å². The Morgan fingerprint density at radius 3 is 1.97 bits per heavy atom. The van der Waals surface area contributed by atoms with Gasteiger partial charge in [-0.05, 0) is 61.0 Å². The molecule has 0 aliphatic carbocycles. The number of nitrogens with zero attached hydrogens (tertiary/aromatic N) is 1. The number of carbonyl (C=O) groups excluding carboxylic acids is 1. The summed E-state index contributed by atoms with van der Waals surface area (Å²) in [7, 11) is -4.34. The first kappa shape index (κ1) is 23.9. The van der Waals surface area contributed by atoms with Crippen molar-refractivity contribution in [2.75, 3.05) is 0 Å². The van der Waals surface area contributed by atoms with Crippen LogP contribution in [0.5, 0.6) is 0 Å². The second-order valence-electron chi connectivity index (χ2n) is 7.87. The molecule has 1 atom stereocenters. The van der Waals surface area contributed by atoms with Crippen LogP contribution in [-0.2, 0) is 10.0 Å². The Hall–Kier alpha value is -4.21. The molecule has 0 bridgehead atoms. The highest BCUT2D eigenvalue weighted by molar-refractivity contribution is 7.89. The highest BCUT2D eigenvalue weighted by Gasteiger charge is 2.36. The molecule has 0 saturated carbocycles. The molecule has 1 unspecified atom stereocenters. The maximum atomic E-state index is 13.9. The van der Waals surface area contributed by atoms with E-state index in [1.165, 1.54) is 24.3 Å². The molecule has 0 saturated heterocycles. The Kier molecular flexibility index (Phi) is 7.09. The average Bonchev–Trinajstić information content (AvgIpc) is 2.88. The van der Waals surface area contributed by atoms with Gasteiger partial charge in [0.25, 0.3) is 15.9 Å². The van der Waals surface area contributed by atoms with E-state index in [0.717, 1.165) is 22.0 Å². The number of hydrogen-bond donors (Lipinski definition) is 0. The van der Waals surface area contributed by atoms with Crippen molar-refractivity contribution >= 4 is 15.9 Å². The van der Waals surface area contributed by atoms with Crippen LogP contribution in [-0.4, -0.2) is 18.6 Å². The Morgan fingerprint density at radius 2 is 1.37 bits per heavy atom. The molecule has 4 rings (SSSR count). The van der Waals surface area contributed by atoms with Crippen LogP contribution in [0.2, 0.25) is 0 Å². The topological polar surface area (TPSA) is 54.5 Å². The fourth-order valence-corrected chi connectivity index (χ4v) is 4.98. The number of halogens is 1. The van der Waals surface area contributed by atoms with Gasteiger partial charge < -0.3 is 0 Å². The van der Waals surface area contributed by atoms with Crippen LogP contribution >= 0.6 is 0 Å². The second-order valence-corrected chi connectivity index (χ2v) is 9.69. The van der Waals surface area contributed by atoms with E-state index in [1.807, 2.05) is 25.1 Å². The Morgan fingerprint density at radius 1 is 0.800 bits per heavy atom. The van der Waals surface area contributed by atoms with Gasteiger partial charge in [-0.3, -0.25) is 4.79 Å². The predicted octanol–water partition coefficient (Wildman–Crippen LogP) is 5.76. The predicted molar refractivity (Wildman–Crippen MR) is 133 cm³/mol. The third-order valence-electron chi connectivity index (χ3n) is 5.35. The van der Waals surface area contributed by atoms with Crippen LogP contribution in [0.25, 0.3) is 0 Å². The molecule has 0 aliphatic heterocycles. The van der Waals surface area contributed by atoms with Gasteiger partial charge in [0.15, 0.2) is 0 Å². The molecular formula is C29H22FNO3S. The maximum Gasteiger partial charge on any atom is 0.269 e. The van der Waals surface area contributed by atoms with E-state index >= 15 is 0 Å². The molecular weight excluding hydrogens is 461 g/mol. The number of carbonyl (C=O) groups is 1. The lowest BCUT2D eigenvalue weighted by atomic mass is 10.1. The van der Waals surface area contributed by atoms with Crippen molar-refractivity contribution in [3.63, 3.8) is 0 Å².